The van der Waals surface area contributed by atoms with E-state index in [0.717, 1.165) is 21.5 Å². The highest BCUT2D eigenvalue weighted by Crippen LogP contribution is 2.25. The summed E-state index contributed by atoms with van der Waals surface area (Å²) in [6.45, 7) is 4.95. The molecule has 1 N–H and O–H groups in total. The lowest BCUT2D eigenvalue weighted by Gasteiger charge is -2.11. The molecule has 0 saturated heterocycles. The second-order valence-electron chi connectivity index (χ2n) is 4.87. The second-order valence-corrected chi connectivity index (χ2v) is 5.66. The molecule has 0 saturated carbocycles. The van der Waals surface area contributed by atoms with Crippen LogP contribution in [0.3, 0.4) is 0 Å². The number of nitriles is 1. The van der Waals surface area contributed by atoms with Crippen molar-refractivity contribution in [1.82, 2.24) is 0 Å². The molecule has 108 valence electrons. The van der Waals surface area contributed by atoms with Gasteiger partial charge in [0.2, 0.25) is 0 Å². The van der Waals surface area contributed by atoms with Crippen LogP contribution in [-0.2, 0) is 6.54 Å². The maximum Gasteiger partial charge on any atom is 0.174 e. The maximum atomic E-state index is 8.53. The summed E-state index contributed by atoms with van der Waals surface area (Å²) in [6.07, 6.45) is 0. The van der Waals surface area contributed by atoms with Gasteiger partial charge in [0.25, 0.3) is 0 Å². The monoisotopic (exact) mass is 344 g/mol. The van der Waals surface area contributed by atoms with E-state index in [2.05, 4.69) is 47.2 Å². The van der Waals surface area contributed by atoms with Gasteiger partial charge in [0, 0.05) is 16.7 Å². The Morgan fingerprint density at radius 1 is 1.19 bits per heavy atom. The third-order valence-electron chi connectivity index (χ3n) is 3.13. The number of hydrogen-bond acceptors (Lipinski definition) is 3. The van der Waals surface area contributed by atoms with Crippen molar-refractivity contribution in [3.63, 3.8) is 0 Å². The number of ether oxygens (including phenoxy) is 1. The van der Waals surface area contributed by atoms with Crippen LogP contribution in [0.5, 0.6) is 5.75 Å². The molecule has 0 bridgehead atoms. The molecule has 0 spiro atoms. The first-order chi connectivity index (χ1) is 10.1. The van der Waals surface area contributed by atoms with E-state index in [1.54, 1.807) is 0 Å². The predicted molar refractivity (Wildman–Crippen MR) is 88.5 cm³/mol. The summed E-state index contributed by atoms with van der Waals surface area (Å²) in [4.78, 5) is 0. The van der Waals surface area contributed by atoms with E-state index in [1.165, 1.54) is 11.1 Å². The average Bonchev–Trinajstić information content (AvgIpc) is 2.49. The van der Waals surface area contributed by atoms with Crippen molar-refractivity contribution in [2.24, 2.45) is 0 Å². The molecule has 0 heterocycles. The number of nitrogens with zero attached hydrogens (tertiary/aromatic N) is 1. The maximum absolute atomic E-state index is 8.53. The first-order valence-corrected chi connectivity index (χ1v) is 7.49. The van der Waals surface area contributed by atoms with Gasteiger partial charge in [-0.3, -0.25) is 0 Å². The van der Waals surface area contributed by atoms with Crippen LogP contribution >= 0.6 is 15.9 Å². The van der Waals surface area contributed by atoms with E-state index in [1.807, 2.05) is 30.3 Å². The first kappa shape index (κ1) is 15.4. The highest BCUT2D eigenvalue weighted by molar-refractivity contribution is 9.10. The molecule has 0 aliphatic carbocycles. The van der Waals surface area contributed by atoms with Gasteiger partial charge in [-0.2, -0.15) is 5.26 Å². The molecule has 2 rings (SSSR count). The van der Waals surface area contributed by atoms with Gasteiger partial charge in [0.1, 0.15) is 11.8 Å². The number of rotatable bonds is 5. The van der Waals surface area contributed by atoms with Crippen LogP contribution in [0.2, 0.25) is 0 Å². The molecule has 3 nitrogen and oxygen atoms in total. The van der Waals surface area contributed by atoms with Crippen LogP contribution in [0.4, 0.5) is 5.69 Å². The highest BCUT2D eigenvalue weighted by atomic mass is 79.9. The van der Waals surface area contributed by atoms with Gasteiger partial charge in [-0.05, 0) is 54.8 Å². The van der Waals surface area contributed by atoms with Gasteiger partial charge in [-0.15, -0.1) is 0 Å². The average molecular weight is 345 g/mol. The third-order valence-corrected chi connectivity index (χ3v) is 4.39. The van der Waals surface area contributed by atoms with Crippen molar-refractivity contribution >= 4 is 21.6 Å². The fraction of sp³-hybridized carbons (Fsp3) is 0.235. The number of nitrogens with one attached hydrogen (secondary N) is 1. The van der Waals surface area contributed by atoms with Crippen LogP contribution in [0.15, 0.2) is 40.9 Å². The first-order valence-electron chi connectivity index (χ1n) is 6.69. The molecule has 0 unspecified atom stereocenters. The van der Waals surface area contributed by atoms with Crippen molar-refractivity contribution in [1.29, 1.82) is 5.26 Å². The molecule has 2 aromatic carbocycles. The minimum atomic E-state index is 0.0714. The van der Waals surface area contributed by atoms with E-state index >= 15 is 0 Å². The summed E-state index contributed by atoms with van der Waals surface area (Å²) in [5.41, 5.74) is 4.63. The van der Waals surface area contributed by atoms with Crippen LogP contribution < -0.4 is 10.1 Å². The summed E-state index contributed by atoms with van der Waals surface area (Å²) in [5, 5.41) is 11.9. The van der Waals surface area contributed by atoms with Crippen molar-refractivity contribution in [3.8, 4) is 11.8 Å². The largest absolute Gasteiger partial charge is 0.479 e. The number of halogens is 1. The number of aryl methyl sites for hydroxylation is 2. The Hall–Kier alpha value is -1.99. The minimum Gasteiger partial charge on any atom is -0.479 e. The van der Waals surface area contributed by atoms with Crippen LogP contribution in [0, 0.1) is 25.2 Å². The lowest BCUT2D eigenvalue weighted by Crippen LogP contribution is -2.01. The number of anilines is 1. The van der Waals surface area contributed by atoms with E-state index < -0.39 is 0 Å². The van der Waals surface area contributed by atoms with Gasteiger partial charge in [-0.1, -0.05) is 28.1 Å². The fourth-order valence-electron chi connectivity index (χ4n) is 2.11. The van der Waals surface area contributed by atoms with E-state index in [0.29, 0.717) is 6.54 Å². The topological polar surface area (TPSA) is 45.0 Å². The summed E-state index contributed by atoms with van der Waals surface area (Å²) in [6, 6.07) is 14.0. The minimum absolute atomic E-state index is 0.0714. The normalized spacial score (nSPS) is 10.0. The quantitative estimate of drug-likeness (QED) is 0.863. The van der Waals surface area contributed by atoms with Crippen molar-refractivity contribution in [2.75, 3.05) is 11.9 Å². The molecule has 0 aliphatic rings. The molecular weight excluding hydrogens is 328 g/mol. The molecule has 4 heteroatoms. The summed E-state index contributed by atoms with van der Waals surface area (Å²) in [5.74, 6) is 0.721. The Morgan fingerprint density at radius 3 is 2.57 bits per heavy atom. The lowest BCUT2D eigenvalue weighted by atomic mass is 10.1. The number of hydrogen-bond donors (Lipinski definition) is 1. The van der Waals surface area contributed by atoms with E-state index in [4.69, 9.17) is 10.00 Å². The molecule has 2 aromatic rings. The van der Waals surface area contributed by atoms with Crippen molar-refractivity contribution in [3.05, 3.63) is 57.6 Å². The molecule has 0 aliphatic heterocycles. The number of benzene rings is 2. The van der Waals surface area contributed by atoms with Gasteiger partial charge in [-0.25, -0.2) is 0 Å². The van der Waals surface area contributed by atoms with Crippen molar-refractivity contribution < 1.29 is 4.74 Å². The predicted octanol–water partition coefficient (Wildman–Crippen LogP) is 4.58. The summed E-state index contributed by atoms with van der Waals surface area (Å²) in [7, 11) is 0. The van der Waals surface area contributed by atoms with Crippen molar-refractivity contribution in [2.45, 2.75) is 20.4 Å². The fourth-order valence-corrected chi connectivity index (χ4v) is 2.34. The van der Waals surface area contributed by atoms with Gasteiger partial charge in [0.15, 0.2) is 6.61 Å². The summed E-state index contributed by atoms with van der Waals surface area (Å²) >= 11 is 3.57. The van der Waals surface area contributed by atoms with Gasteiger partial charge >= 0.3 is 0 Å². The zero-order valence-corrected chi connectivity index (χ0v) is 13.7. The Labute approximate surface area is 133 Å². The molecule has 0 fully saturated rings. The molecule has 0 radical (unpaired) electrons. The highest BCUT2D eigenvalue weighted by Gasteiger charge is 2.03. The SMILES string of the molecule is Cc1cc(NCc2cccc(OCC#N)c2)cc(C)c1Br. The van der Waals surface area contributed by atoms with Gasteiger partial charge < -0.3 is 10.1 Å². The Morgan fingerprint density at radius 2 is 1.90 bits per heavy atom. The molecule has 21 heavy (non-hydrogen) atoms. The third kappa shape index (κ3) is 4.24. The molecule has 0 atom stereocenters. The molecule has 0 aromatic heterocycles. The van der Waals surface area contributed by atoms with E-state index in [9.17, 15) is 0 Å². The Bertz CT molecular complexity index is 654. The van der Waals surface area contributed by atoms with Crippen LogP contribution in [0.1, 0.15) is 16.7 Å². The van der Waals surface area contributed by atoms with Crippen LogP contribution in [0.25, 0.3) is 0 Å². The molecular formula is C17H17BrN2O. The Balaban J connectivity index is 2.05. The standard InChI is InChI=1S/C17H17BrN2O/c1-12-8-15(9-13(2)17(12)18)20-11-14-4-3-5-16(10-14)21-7-6-19/h3-5,8-10,20H,7,11H2,1-2H3. The van der Waals surface area contributed by atoms with E-state index in [-0.39, 0.29) is 6.61 Å². The molecule has 0 amide bonds. The second kappa shape index (κ2) is 7.14. The smallest absolute Gasteiger partial charge is 0.174 e. The van der Waals surface area contributed by atoms with Gasteiger partial charge in [0.05, 0.1) is 0 Å². The summed E-state index contributed by atoms with van der Waals surface area (Å²) < 4.78 is 6.46. The van der Waals surface area contributed by atoms with Crippen LogP contribution in [-0.4, -0.2) is 6.61 Å². The zero-order valence-electron chi connectivity index (χ0n) is 12.1. The lowest BCUT2D eigenvalue weighted by molar-refractivity contribution is 0.368. The zero-order chi connectivity index (χ0) is 15.2. The Kier molecular flexibility index (Phi) is 5.24.